The van der Waals surface area contributed by atoms with Crippen molar-refractivity contribution in [2.75, 3.05) is 49.4 Å². The Bertz CT molecular complexity index is 2610. The topological polar surface area (TPSA) is 179 Å². The van der Waals surface area contributed by atoms with Crippen molar-refractivity contribution >= 4 is 63.7 Å². The first kappa shape index (κ1) is 52.3. The second-order valence-electron chi connectivity index (χ2n) is 18.2. The normalized spacial score (nSPS) is 16.4. The standard InChI is InChI=1S/C48H54F4N8O7S2/c1-28-22-37(54-25-35(28)60-45(68)59(44(64)47(60,6)7)33-16-15-32(23-53)38(39(33)49)48(50,51)52)67-19-9-18-65-20-21-66-26-36(61)57-41(46(3,4)5)43(63)58-17-8-10-34(58)42(62)55-24-30-11-13-31(14-12-30)40-29(2)56-27-69-40/h11-16,22,25,27,34,41H,8-10,17-21,24,26H2,1-7H3,(H,55,62)(H,57,61)/t34-,41?/m0/s1. The van der Waals surface area contributed by atoms with Gasteiger partial charge in [-0.1, -0.05) is 45.0 Å². The van der Waals surface area contributed by atoms with Crippen LogP contribution in [0.25, 0.3) is 10.4 Å². The van der Waals surface area contributed by atoms with Gasteiger partial charge in [0.1, 0.15) is 29.8 Å². The lowest BCUT2D eigenvalue weighted by molar-refractivity contribution is -0.144. The molecule has 0 saturated carbocycles. The summed E-state index contributed by atoms with van der Waals surface area (Å²) in [4.78, 5) is 67.3. The van der Waals surface area contributed by atoms with E-state index in [0.717, 1.165) is 33.8 Å². The first-order chi connectivity index (χ1) is 32.6. The smallest absolute Gasteiger partial charge is 0.420 e. The van der Waals surface area contributed by atoms with E-state index in [-0.39, 0.29) is 55.8 Å². The van der Waals surface area contributed by atoms with Gasteiger partial charge in [0.05, 0.1) is 65.1 Å². The molecule has 4 aromatic rings. The van der Waals surface area contributed by atoms with Crippen molar-refractivity contribution in [3.8, 4) is 22.4 Å². The number of alkyl halides is 3. The lowest BCUT2D eigenvalue weighted by atomic mass is 9.85. The van der Waals surface area contributed by atoms with E-state index in [0.29, 0.717) is 48.5 Å². The van der Waals surface area contributed by atoms with Gasteiger partial charge in [-0.05, 0) is 87.0 Å². The summed E-state index contributed by atoms with van der Waals surface area (Å²) >= 11 is 7.11. The number of nitrogens with one attached hydrogen (secondary N) is 2. The van der Waals surface area contributed by atoms with Gasteiger partial charge in [-0.2, -0.15) is 18.4 Å². The van der Waals surface area contributed by atoms with Gasteiger partial charge in [0.15, 0.2) is 10.9 Å². The Morgan fingerprint density at radius 1 is 1.01 bits per heavy atom. The number of carbonyl (C=O) groups excluding carboxylic acids is 4. The maximum absolute atomic E-state index is 15.4. The number of carbonyl (C=O) groups is 4. The van der Waals surface area contributed by atoms with Crippen molar-refractivity contribution < 1.29 is 51.0 Å². The molecule has 21 heteroatoms. The highest BCUT2D eigenvalue weighted by Crippen LogP contribution is 2.43. The molecule has 1 unspecified atom stereocenters. The zero-order chi connectivity index (χ0) is 50.4. The number of amides is 4. The van der Waals surface area contributed by atoms with Crippen LogP contribution in [0.15, 0.2) is 54.2 Å². The summed E-state index contributed by atoms with van der Waals surface area (Å²) in [5.41, 5.74) is 0.0723. The van der Waals surface area contributed by atoms with Crippen LogP contribution >= 0.6 is 23.6 Å². The van der Waals surface area contributed by atoms with Crippen molar-refractivity contribution in [2.45, 2.75) is 98.1 Å². The molecule has 69 heavy (non-hydrogen) atoms. The molecule has 2 N–H and O–H groups in total. The van der Waals surface area contributed by atoms with Crippen molar-refractivity contribution in [2.24, 2.45) is 5.41 Å². The number of thiazole rings is 1. The zero-order valence-electron chi connectivity index (χ0n) is 39.3. The number of halogens is 4. The predicted octanol–water partition coefficient (Wildman–Crippen LogP) is 7.41. The van der Waals surface area contributed by atoms with Gasteiger partial charge in [-0.25, -0.2) is 14.4 Å². The monoisotopic (exact) mass is 994 g/mol. The number of aromatic nitrogens is 2. The average Bonchev–Trinajstić information content (AvgIpc) is 4.00. The molecule has 6 rings (SSSR count). The van der Waals surface area contributed by atoms with E-state index in [1.807, 2.05) is 57.5 Å². The second-order valence-corrected chi connectivity index (χ2v) is 19.4. The van der Waals surface area contributed by atoms with Crippen LogP contribution in [0.1, 0.15) is 81.8 Å². The highest BCUT2D eigenvalue weighted by Gasteiger charge is 2.52. The van der Waals surface area contributed by atoms with Crippen LogP contribution in [0, 0.1) is 36.4 Å². The molecule has 368 valence electrons. The molecule has 4 amide bonds. The van der Waals surface area contributed by atoms with Crippen LogP contribution < -0.4 is 25.2 Å². The Morgan fingerprint density at radius 2 is 1.72 bits per heavy atom. The average molecular weight is 995 g/mol. The maximum Gasteiger partial charge on any atom is 0.420 e. The number of pyridine rings is 1. The number of aryl methyl sites for hydroxylation is 2. The Kier molecular flexibility index (Phi) is 16.4. The quantitative estimate of drug-likeness (QED) is 0.0574. The van der Waals surface area contributed by atoms with Crippen LogP contribution in [0.2, 0.25) is 0 Å². The highest BCUT2D eigenvalue weighted by atomic mass is 32.1. The summed E-state index contributed by atoms with van der Waals surface area (Å²) in [6.45, 7) is 13.3. The van der Waals surface area contributed by atoms with Crippen molar-refractivity contribution in [3.05, 3.63) is 87.9 Å². The van der Waals surface area contributed by atoms with Gasteiger partial charge < -0.3 is 34.6 Å². The molecule has 2 saturated heterocycles. The van der Waals surface area contributed by atoms with Crippen LogP contribution in [0.5, 0.6) is 5.88 Å². The van der Waals surface area contributed by atoms with Gasteiger partial charge >= 0.3 is 6.18 Å². The Balaban J connectivity index is 0.913. The molecule has 2 aliphatic rings. The third kappa shape index (κ3) is 11.9. The van der Waals surface area contributed by atoms with E-state index in [2.05, 4.69) is 20.6 Å². The minimum atomic E-state index is -5.20. The predicted molar refractivity (Wildman–Crippen MR) is 254 cm³/mol. The Labute approximate surface area is 407 Å². The summed E-state index contributed by atoms with van der Waals surface area (Å²) in [5.74, 6) is -3.41. The fraction of sp³-hybridized carbons (Fsp3) is 0.458. The number of nitrogens with zero attached hydrogens (tertiary/aromatic N) is 6. The van der Waals surface area contributed by atoms with Crippen LogP contribution in [0.4, 0.5) is 28.9 Å². The van der Waals surface area contributed by atoms with E-state index >= 15 is 4.39 Å². The number of ether oxygens (including phenoxy) is 3. The van der Waals surface area contributed by atoms with Gasteiger partial charge in [-0.3, -0.25) is 24.1 Å². The summed E-state index contributed by atoms with van der Waals surface area (Å²) in [5, 5.41) is 14.7. The van der Waals surface area contributed by atoms with E-state index < -0.39 is 63.7 Å². The molecular formula is C48H54F4N8O7S2. The van der Waals surface area contributed by atoms with E-state index in [1.54, 1.807) is 29.2 Å². The molecular weight excluding hydrogens is 941 g/mol. The highest BCUT2D eigenvalue weighted by molar-refractivity contribution is 7.81. The van der Waals surface area contributed by atoms with Crippen LogP contribution in [-0.4, -0.2) is 101 Å². The molecule has 0 radical (unpaired) electrons. The third-order valence-electron chi connectivity index (χ3n) is 11.7. The molecule has 2 fully saturated rings. The number of hydrogen-bond acceptors (Lipinski definition) is 12. The number of hydrogen-bond donors (Lipinski definition) is 2. The van der Waals surface area contributed by atoms with Crippen LogP contribution in [-0.2, 0) is 41.4 Å². The SMILES string of the molecule is Cc1cc(OCCCOCCOCC(=O)NC(C(=O)N2CCC[C@H]2C(=O)NCc2ccc(-c3scnc3C)cc2)C(C)(C)C)ncc1N1C(=S)N(c2ccc(C#N)c(C(F)(F)F)c2F)C(=O)C1(C)C. The van der Waals surface area contributed by atoms with Gasteiger partial charge in [-0.15, -0.1) is 11.3 Å². The van der Waals surface area contributed by atoms with Crippen LogP contribution in [0.3, 0.4) is 0 Å². The number of rotatable bonds is 18. The summed E-state index contributed by atoms with van der Waals surface area (Å²) in [6.07, 6.45) is -2.18. The fourth-order valence-corrected chi connectivity index (χ4v) is 9.38. The third-order valence-corrected chi connectivity index (χ3v) is 13.0. The number of likely N-dealkylation sites (tertiary alicyclic amines) is 1. The van der Waals surface area contributed by atoms with Gasteiger partial charge in [0, 0.05) is 32.2 Å². The number of thiocarbonyl (C=S) groups is 1. The largest absolute Gasteiger partial charge is 0.478 e. The second kappa shape index (κ2) is 21.7. The summed E-state index contributed by atoms with van der Waals surface area (Å²) < 4.78 is 73.7. The molecule has 15 nitrogen and oxygen atoms in total. The number of anilines is 2. The minimum absolute atomic E-state index is 0.0998. The molecule has 2 aromatic carbocycles. The molecule has 4 heterocycles. The molecule has 0 aliphatic carbocycles. The first-order valence-electron chi connectivity index (χ1n) is 22.2. The number of benzene rings is 2. The molecule has 0 bridgehead atoms. The van der Waals surface area contributed by atoms with Crippen molar-refractivity contribution in [1.29, 1.82) is 5.26 Å². The molecule has 2 aromatic heterocycles. The van der Waals surface area contributed by atoms with E-state index in [4.69, 9.17) is 26.4 Å². The molecule has 2 aliphatic heterocycles. The lowest BCUT2D eigenvalue weighted by Gasteiger charge is -2.35. The Morgan fingerprint density at radius 3 is 2.36 bits per heavy atom. The van der Waals surface area contributed by atoms with Gasteiger partial charge in [0.2, 0.25) is 23.6 Å². The maximum atomic E-state index is 15.4. The minimum Gasteiger partial charge on any atom is -0.478 e. The van der Waals surface area contributed by atoms with E-state index in [9.17, 15) is 37.6 Å². The van der Waals surface area contributed by atoms with E-state index in [1.165, 1.54) is 31.0 Å². The van der Waals surface area contributed by atoms with Gasteiger partial charge in [0.25, 0.3) is 5.91 Å². The zero-order valence-corrected chi connectivity index (χ0v) is 40.9. The fourth-order valence-electron chi connectivity index (χ4n) is 8.06. The Hall–Kier alpha value is -6.08. The number of nitriles is 1. The first-order valence-corrected chi connectivity index (χ1v) is 23.5. The van der Waals surface area contributed by atoms with Crippen molar-refractivity contribution in [1.82, 2.24) is 25.5 Å². The van der Waals surface area contributed by atoms with Crippen molar-refractivity contribution in [3.63, 3.8) is 0 Å². The lowest BCUT2D eigenvalue weighted by Crippen LogP contribution is -2.58. The summed E-state index contributed by atoms with van der Waals surface area (Å²) in [6, 6.07) is 11.0. The molecule has 0 spiro atoms. The summed E-state index contributed by atoms with van der Waals surface area (Å²) in [7, 11) is 0. The molecule has 2 atom stereocenters.